The number of hydrogen-bond acceptors (Lipinski definition) is 3. The summed E-state index contributed by atoms with van der Waals surface area (Å²) < 4.78 is 7.35. The van der Waals surface area contributed by atoms with Crippen molar-refractivity contribution >= 4 is 23.5 Å². The number of aromatic nitrogens is 2. The number of fused-ring (bicyclic) bond motifs is 1. The van der Waals surface area contributed by atoms with Crippen LogP contribution in [-0.2, 0) is 0 Å². The first-order chi connectivity index (χ1) is 9.69. The van der Waals surface area contributed by atoms with Crippen LogP contribution in [0, 0.1) is 6.92 Å². The maximum atomic E-state index is 11.3. The molecule has 0 N–H and O–H groups in total. The third kappa shape index (κ3) is 2.14. The topological polar surface area (TPSA) is 43.6 Å². The number of benzene rings is 1. The highest BCUT2D eigenvalue weighted by molar-refractivity contribution is 6.32. The zero-order valence-corrected chi connectivity index (χ0v) is 11.5. The molecule has 0 unspecified atom stereocenters. The second-order valence-corrected chi connectivity index (χ2v) is 4.79. The van der Waals surface area contributed by atoms with Crippen molar-refractivity contribution in [3.8, 4) is 11.6 Å². The lowest BCUT2D eigenvalue weighted by atomic mass is 10.2. The molecule has 0 spiro atoms. The van der Waals surface area contributed by atoms with Gasteiger partial charge in [0.15, 0.2) is 12.0 Å². The largest absolute Gasteiger partial charge is 0.435 e. The van der Waals surface area contributed by atoms with Gasteiger partial charge in [0.2, 0.25) is 5.88 Å². The van der Waals surface area contributed by atoms with Crippen LogP contribution >= 0.6 is 11.6 Å². The van der Waals surface area contributed by atoms with E-state index in [1.807, 2.05) is 25.1 Å². The zero-order valence-electron chi connectivity index (χ0n) is 10.7. The van der Waals surface area contributed by atoms with E-state index < -0.39 is 0 Å². The van der Waals surface area contributed by atoms with Crippen LogP contribution in [0.2, 0.25) is 5.02 Å². The Hall–Kier alpha value is -2.33. The van der Waals surface area contributed by atoms with Crippen LogP contribution in [0.5, 0.6) is 11.6 Å². The van der Waals surface area contributed by atoms with E-state index in [2.05, 4.69) is 4.98 Å². The van der Waals surface area contributed by atoms with Crippen molar-refractivity contribution in [1.82, 2.24) is 9.38 Å². The third-order valence-corrected chi connectivity index (χ3v) is 3.23. The number of hydrogen-bond donors (Lipinski definition) is 0. The maximum absolute atomic E-state index is 11.3. The number of rotatable bonds is 3. The fourth-order valence-corrected chi connectivity index (χ4v) is 2.24. The molecule has 0 bridgehead atoms. The standard InChI is InChI=1S/C15H11ClN2O2/c1-10-5-6-13(11(16)8-10)20-15-12(9-19)18-7-3-2-4-14(18)17-15/h2-9H,1H3. The quantitative estimate of drug-likeness (QED) is 0.686. The van der Waals surface area contributed by atoms with E-state index in [-0.39, 0.29) is 5.88 Å². The van der Waals surface area contributed by atoms with Crippen LogP contribution in [0.15, 0.2) is 42.6 Å². The van der Waals surface area contributed by atoms with E-state index >= 15 is 0 Å². The molecule has 0 saturated heterocycles. The number of halogens is 1. The lowest BCUT2D eigenvalue weighted by Gasteiger charge is -2.05. The molecule has 5 heteroatoms. The van der Waals surface area contributed by atoms with Gasteiger partial charge in [0, 0.05) is 6.20 Å². The lowest BCUT2D eigenvalue weighted by Crippen LogP contribution is -1.93. The van der Waals surface area contributed by atoms with Gasteiger partial charge in [0.05, 0.1) is 5.02 Å². The number of aldehydes is 1. The Kier molecular flexibility index (Phi) is 3.16. The Morgan fingerprint density at radius 2 is 2.15 bits per heavy atom. The van der Waals surface area contributed by atoms with Gasteiger partial charge in [-0.1, -0.05) is 23.7 Å². The van der Waals surface area contributed by atoms with Gasteiger partial charge in [-0.2, -0.15) is 4.98 Å². The molecular weight excluding hydrogens is 276 g/mol. The van der Waals surface area contributed by atoms with Crippen LogP contribution in [-0.4, -0.2) is 15.7 Å². The molecule has 3 rings (SSSR count). The first kappa shape index (κ1) is 12.7. The number of ether oxygens (including phenoxy) is 1. The first-order valence-electron chi connectivity index (χ1n) is 6.05. The Bertz CT molecular complexity index is 796. The van der Waals surface area contributed by atoms with E-state index in [0.717, 1.165) is 11.8 Å². The van der Waals surface area contributed by atoms with E-state index in [1.165, 1.54) is 0 Å². The van der Waals surface area contributed by atoms with Gasteiger partial charge < -0.3 is 4.74 Å². The van der Waals surface area contributed by atoms with Gasteiger partial charge in [0.1, 0.15) is 11.4 Å². The summed E-state index contributed by atoms with van der Waals surface area (Å²) in [6.07, 6.45) is 2.48. The van der Waals surface area contributed by atoms with Crippen LogP contribution in [0.4, 0.5) is 0 Å². The number of imidazole rings is 1. The molecule has 100 valence electrons. The van der Waals surface area contributed by atoms with E-state index in [1.54, 1.807) is 28.8 Å². The normalized spacial score (nSPS) is 10.7. The monoisotopic (exact) mass is 286 g/mol. The summed E-state index contributed by atoms with van der Waals surface area (Å²) >= 11 is 6.13. The molecule has 0 aliphatic rings. The first-order valence-corrected chi connectivity index (χ1v) is 6.43. The summed E-state index contributed by atoms with van der Waals surface area (Å²) in [4.78, 5) is 15.6. The minimum Gasteiger partial charge on any atom is -0.435 e. The van der Waals surface area contributed by atoms with Gasteiger partial charge in [-0.05, 0) is 36.8 Å². The molecule has 0 amide bonds. The molecule has 1 aromatic carbocycles. The highest BCUT2D eigenvalue weighted by Crippen LogP contribution is 2.31. The van der Waals surface area contributed by atoms with Crippen molar-refractivity contribution in [3.63, 3.8) is 0 Å². The molecule has 0 aliphatic carbocycles. The van der Waals surface area contributed by atoms with Crippen molar-refractivity contribution in [3.05, 3.63) is 58.9 Å². The smallest absolute Gasteiger partial charge is 0.249 e. The summed E-state index contributed by atoms with van der Waals surface area (Å²) in [7, 11) is 0. The average Bonchev–Trinajstić information content (AvgIpc) is 2.79. The van der Waals surface area contributed by atoms with E-state index in [4.69, 9.17) is 16.3 Å². The number of aryl methyl sites for hydroxylation is 1. The highest BCUT2D eigenvalue weighted by atomic mass is 35.5. The van der Waals surface area contributed by atoms with Crippen molar-refractivity contribution in [2.75, 3.05) is 0 Å². The zero-order chi connectivity index (χ0) is 14.1. The van der Waals surface area contributed by atoms with Gasteiger partial charge in [-0.25, -0.2) is 0 Å². The Morgan fingerprint density at radius 3 is 2.90 bits per heavy atom. The molecule has 0 saturated carbocycles. The van der Waals surface area contributed by atoms with Gasteiger partial charge >= 0.3 is 0 Å². The van der Waals surface area contributed by atoms with Crippen molar-refractivity contribution in [2.45, 2.75) is 6.92 Å². The summed E-state index contributed by atoms with van der Waals surface area (Å²) in [6.45, 7) is 1.94. The van der Waals surface area contributed by atoms with Crippen molar-refractivity contribution < 1.29 is 9.53 Å². The number of carbonyl (C=O) groups is 1. The fraction of sp³-hybridized carbons (Fsp3) is 0.0667. The number of carbonyl (C=O) groups excluding carboxylic acids is 1. The predicted molar refractivity (Wildman–Crippen MR) is 76.8 cm³/mol. The average molecular weight is 287 g/mol. The molecule has 2 aromatic heterocycles. The van der Waals surface area contributed by atoms with E-state index in [0.29, 0.717) is 22.1 Å². The molecular formula is C15H11ClN2O2. The molecule has 0 radical (unpaired) electrons. The lowest BCUT2D eigenvalue weighted by molar-refractivity contribution is 0.111. The van der Waals surface area contributed by atoms with Gasteiger partial charge in [-0.15, -0.1) is 0 Å². The van der Waals surface area contributed by atoms with Crippen LogP contribution < -0.4 is 4.74 Å². The summed E-state index contributed by atoms with van der Waals surface area (Å²) in [5.41, 5.74) is 2.04. The summed E-state index contributed by atoms with van der Waals surface area (Å²) in [5, 5.41) is 0.485. The third-order valence-electron chi connectivity index (χ3n) is 2.94. The Morgan fingerprint density at radius 1 is 1.30 bits per heavy atom. The number of pyridine rings is 1. The molecule has 3 aromatic rings. The van der Waals surface area contributed by atoms with Gasteiger partial charge in [0.25, 0.3) is 0 Å². The van der Waals surface area contributed by atoms with Crippen molar-refractivity contribution in [2.24, 2.45) is 0 Å². The van der Waals surface area contributed by atoms with Crippen LogP contribution in [0.25, 0.3) is 5.65 Å². The molecule has 20 heavy (non-hydrogen) atoms. The van der Waals surface area contributed by atoms with Gasteiger partial charge in [-0.3, -0.25) is 9.20 Å². The summed E-state index contributed by atoms with van der Waals surface area (Å²) in [6, 6.07) is 10.9. The molecule has 0 fully saturated rings. The number of nitrogens with zero attached hydrogens (tertiary/aromatic N) is 2. The predicted octanol–water partition coefficient (Wildman–Crippen LogP) is 3.90. The second-order valence-electron chi connectivity index (χ2n) is 4.38. The van der Waals surface area contributed by atoms with E-state index in [9.17, 15) is 4.79 Å². The molecule has 4 nitrogen and oxygen atoms in total. The minimum absolute atomic E-state index is 0.247. The molecule has 0 aliphatic heterocycles. The Labute approximate surface area is 120 Å². The Balaban J connectivity index is 2.08. The second kappa shape index (κ2) is 4.98. The van der Waals surface area contributed by atoms with Crippen LogP contribution in [0.3, 0.4) is 0 Å². The maximum Gasteiger partial charge on any atom is 0.249 e. The van der Waals surface area contributed by atoms with Crippen molar-refractivity contribution in [1.29, 1.82) is 0 Å². The fourth-order valence-electron chi connectivity index (χ4n) is 1.97. The molecule has 0 atom stereocenters. The molecule has 2 heterocycles. The van der Waals surface area contributed by atoms with Crippen LogP contribution in [0.1, 0.15) is 16.1 Å². The SMILES string of the molecule is Cc1ccc(Oc2nc3ccccn3c2C=O)c(Cl)c1. The summed E-state index contributed by atoms with van der Waals surface area (Å²) in [5.74, 6) is 0.723. The highest BCUT2D eigenvalue weighted by Gasteiger charge is 2.14. The minimum atomic E-state index is 0.247.